The molecule has 2 heterocycles. The number of nitrogens with zero attached hydrogens (tertiary/aromatic N) is 4. The SMILES string of the molecule is COc1ccc(S(=O)(=O)N2CCN(c3ccc(-c4ccc(C)cc4C)nn3)CC2)cc1. The number of methoxy groups -OCH3 is 1. The number of aromatic nitrogens is 2. The van der Waals surface area contributed by atoms with Crippen LogP contribution in [0.5, 0.6) is 5.75 Å². The number of aryl methyl sites for hydroxylation is 2. The summed E-state index contributed by atoms with van der Waals surface area (Å²) in [6.45, 7) is 6.06. The molecule has 0 unspecified atom stereocenters. The summed E-state index contributed by atoms with van der Waals surface area (Å²) < 4.78 is 32.5. The second kappa shape index (κ2) is 8.64. The lowest BCUT2D eigenvalue weighted by atomic mass is 10.0. The molecule has 1 aliphatic rings. The van der Waals surface area contributed by atoms with E-state index in [-0.39, 0.29) is 4.90 Å². The van der Waals surface area contributed by atoms with E-state index < -0.39 is 10.0 Å². The number of rotatable bonds is 5. The Morgan fingerprint density at radius 3 is 2.16 bits per heavy atom. The second-order valence-electron chi connectivity index (χ2n) is 7.66. The zero-order valence-corrected chi connectivity index (χ0v) is 18.8. The fourth-order valence-corrected chi connectivity index (χ4v) is 5.22. The highest BCUT2D eigenvalue weighted by molar-refractivity contribution is 7.89. The molecule has 8 heteroatoms. The summed E-state index contributed by atoms with van der Waals surface area (Å²) >= 11 is 0. The van der Waals surface area contributed by atoms with E-state index in [1.165, 1.54) is 15.4 Å². The lowest BCUT2D eigenvalue weighted by molar-refractivity contribution is 0.383. The molecule has 0 amide bonds. The van der Waals surface area contributed by atoms with Crippen molar-refractivity contribution in [2.75, 3.05) is 38.2 Å². The number of ether oxygens (including phenoxy) is 1. The molecule has 162 valence electrons. The molecule has 0 N–H and O–H groups in total. The predicted molar refractivity (Wildman–Crippen MR) is 121 cm³/mol. The Hall–Kier alpha value is -2.97. The van der Waals surface area contributed by atoms with Crippen LogP contribution < -0.4 is 9.64 Å². The Labute approximate surface area is 183 Å². The standard InChI is InChI=1S/C23H26N4O3S/c1-17-4-9-21(18(2)16-17)22-10-11-23(25-24-22)26-12-14-27(15-13-26)31(28,29)20-7-5-19(30-3)6-8-20/h4-11,16H,12-15H2,1-3H3. The molecule has 31 heavy (non-hydrogen) atoms. The maximum atomic E-state index is 12.9. The topological polar surface area (TPSA) is 75.6 Å². The van der Waals surface area contributed by atoms with Gasteiger partial charge in [-0.1, -0.05) is 23.8 Å². The Bertz CT molecular complexity index is 1150. The molecule has 1 aliphatic heterocycles. The lowest BCUT2D eigenvalue weighted by Crippen LogP contribution is -2.48. The van der Waals surface area contributed by atoms with Crippen LogP contribution >= 0.6 is 0 Å². The van der Waals surface area contributed by atoms with Crippen molar-refractivity contribution in [3.63, 3.8) is 0 Å². The van der Waals surface area contributed by atoms with Crippen LogP contribution in [0.3, 0.4) is 0 Å². The van der Waals surface area contributed by atoms with Crippen molar-refractivity contribution >= 4 is 15.8 Å². The quantitative estimate of drug-likeness (QED) is 0.609. The van der Waals surface area contributed by atoms with Gasteiger partial charge < -0.3 is 9.64 Å². The molecule has 4 rings (SSSR count). The number of benzene rings is 2. The number of piperazine rings is 1. The van der Waals surface area contributed by atoms with Gasteiger partial charge in [-0.15, -0.1) is 10.2 Å². The van der Waals surface area contributed by atoms with E-state index >= 15 is 0 Å². The summed E-state index contributed by atoms with van der Waals surface area (Å²) in [7, 11) is -1.97. The number of anilines is 1. The van der Waals surface area contributed by atoms with E-state index in [9.17, 15) is 8.42 Å². The van der Waals surface area contributed by atoms with Crippen molar-refractivity contribution in [2.45, 2.75) is 18.7 Å². The van der Waals surface area contributed by atoms with Crippen molar-refractivity contribution in [2.24, 2.45) is 0 Å². The van der Waals surface area contributed by atoms with Crippen molar-refractivity contribution in [1.29, 1.82) is 0 Å². The molecule has 3 aromatic rings. The van der Waals surface area contributed by atoms with Crippen LogP contribution in [0.25, 0.3) is 11.3 Å². The first-order valence-corrected chi connectivity index (χ1v) is 11.6. The molecule has 0 radical (unpaired) electrons. The summed E-state index contributed by atoms with van der Waals surface area (Å²) in [5.41, 5.74) is 4.29. The van der Waals surface area contributed by atoms with Crippen molar-refractivity contribution in [3.8, 4) is 17.0 Å². The summed E-state index contributed by atoms with van der Waals surface area (Å²) in [4.78, 5) is 2.35. The normalized spacial score (nSPS) is 15.1. The summed E-state index contributed by atoms with van der Waals surface area (Å²) in [6.07, 6.45) is 0. The molecule has 0 bridgehead atoms. The molecule has 1 aromatic heterocycles. The van der Waals surface area contributed by atoms with Crippen LogP contribution in [0, 0.1) is 13.8 Å². The summed E-state index contributed by atoms with van der Waals surface area (Å²) in [6, 6.07) is 16.7. The minimum absolute atomic E-state index is 0.277. The van der Waals surface area contributed by atoms with Crippen LogP contribution in [0.2, 0.25) is 0 Å². The fourth-order valence-electron chi connectivity index (χ4n) is 3.79. The molecular formula is C23H26N4O3S. The third-order valence-corrected chi connectivity index (χ3v) is 7.48. The average molecular weight is 439 g/mol. The Morgan fingerprint density at radius 2 is 1.58 bits per heavy atom. The highest BCUT2D eigenvalue weighted by Gasteiger charge is 2.29. The maximum Gasteiger partial charge on any atom is 0.243 e. The zero-order chi connectivity index (χ0) is 22.0. The van der Waals surface area contributed by atoms with Gasteiger partial charge in [0, 0.05) is 31.7 Å². The van der Waals surface area contributed by atoms with Gasteiger partial charge in [-0.05, 0) is 55.8 Å². The molecule has 2 aromatic carbocycles. The Balaban J connectivity index is 1.43. The zero-order valence-electron chi connectivity index (χ0n) is 17.9. The van der Waals surface area contributed by atoms with Gasteiger partial charge in [0.05, 0.1) is 17.7 Å². The van der Waals surface area contributed by atoms with Gasteiger partial charge in [0.25, 0.3) is 0 Å². The Morgan fingerprint density at radius 1 is 0.871 bits per heavy atom. The van der Waals surface area contributed by atoms with Gasteiger partial charge in [0.1, 0.15) is 5.75 Å². The highest BCUT2D eigenvalue weighted by Crippen LogP contribution is 2.25. The number of hydrogen-bond donors (Lipinski definition) is 0. The Kier molecular flexibility index (Phi) is 5.93. The number of hydrogen-bond acceptors (Lipinski definition) is 6. The molecule has 1 fully saturated rings. The van der Waals surface area contributed by atoms with E-state index in [0.29, 0.717) is 31.9 Å². The minimum Gasteiger partial charge on any atom is -0.497 e. The first-order chi connectivity index (χ1) is 14.9. The fraction of sp³-hybridized carbons (Fsp3) is 0.304. The van der Waals surface area contributed by atoms with Gasteiger partial charge >= 0.3 is 0 Å². The monoisotopic (exact) mass is 438 g/mol. The first-order valence-electron chi connectivity index (χ1n) is 10.2. The smallest absolute Gasteiger partial charge is 0.243 e. The van der Waals surface area contributed by atoms with Crippen LogP contribution in [-0.4, -0.2) is 56.2 Å². The second-order valence-corrected chi connectivity index (χ2v) is 9.60. The van der Waals surface area contributed by atoms with Gasteiger partial charge in [0.15, 0.2) is 5.82 Å². The molecule has 0 saturated carbocycles. The first kappa shape index (κ1) is 21.3. The maximum absolute atomic E-state index is 12.9. The van der Waals surface area contributed by atoms with Gasteiger partial charge in [-0.25, -0.2) is 8.42 Å². The van der Waals surface area contributed by atoms with E-state index in [0.717, 1.165) is 17.1 Å². The van der Waals surface area contributed by atoms with Crippen LogP contribution in [0.1, 0.15) is 11.1 Å². The third kappa shape index (κ3) is 4.40. The van der Waals surface area contributed by atoms with Crippen LogP contribution in [-0.2, 0) is 10.0 Å². The van der Waals surface area contributed by atoms with Crippen molar-refractivity contribution in [1.82, 2.24) is 14.5 Å². The largest absolute Gasteiger partial charge is 0.497 e. The van der Waals surface area contributed by atoms with Crippen LogP contribution in [0.4, 0.5) is 5.82 Å². The summed E-state index contributed by atoms with van der Waals surface area (Å²) in [5.74, 6) is 1.39. The number of sulfonamides is 1. The molecule has 1 saturated heterocycles. The van der Waals surface area contributed by atoms with Crippen molar-refractivity contribution < 1.29 is 13.2 Å². The molecule has 0 aliphatic carbocycles. The molecular weight excluding hydrogens is 412 g/mol. The van der Waals surface area contributed by atoms with Crippen molar-refractivity contribution in [3.05, 3.63) is 65.7 Å². The van der Waals surface area contributed by atoms with E-state index in [4.69, 9.17) is 4.74 Å². The average Bonchev–Trinajstić information content (AvgIpc) is 2.79. The molecule has 0 spiro atoms. The minimum atomic E-state index is -3.53. The van der Waals surface area contributed by atoms with E-state index in [1.54, 1.807) is 31.4 Å². The summed E-state index contributed by atoms with van der Waals surface area (Å²) in [5, 5.41) is 8.81. The van der Waals surface area contributed by atoms with Gasteiger partial charge in [0.2, 0.25) is 10.0 Å². The molecule has 7 nitrogen and oxygen atoms in total. The van der Waals surface area contributed by atoms with Gasteiger partial charge in [-0.3, -0.25) is 0 Å². The third-order valence-electron chi connectivity index (χ3n) is 5.57. The highest BCUT2D eigenvalue weighted by atomic mass is 32.2. The van der Waals surface area contributed by atoms with Crippen LogP contribution in [0.15, 0.2) is 59.5 Å². The predicted octanol–water partition coefficient (Wildman–Crippen LogP) is 3.28. The van der Waals surface area contributed by atoms with E-state index in [2.05, 4.69) is 47.1 Å². The van der Waals surface area contributed by atoms with Gasteiger partial charge in [-0.2, -0.15) is 4.31 Å². The van der Waals surface area contributed by atoms with E-state index in [1.807, 2.05) is 12.1 Å². The lowest BCUT2D eigenvalue weighted by Gasteiger charge is -2.34. The molecule has 0 atom stereocenters.